The van der Waals surface area contributed by atoms with E-state index in [-0.39, 0.29) is 5.91 Å². The van der Waals surface area contributed by atoms with Gasteiger partial charge in [0.25, 0.3) is 0 Å². The zero-order valence-corrected chi connectivity index (χ0v) is 8.41. The monoisotopic (exact) mass is 197 g/mol. The Morgan fingerprint density at radius 1 is 1.71 bits per heavy atom. The molecule has 1 aromatic rings. The molecule has 0 bridgehead atoms. The van der Waals surface area contributed by atoms with Crippen LogP contribution in [0.1, 0.15) is 19.6 Å². The molecule has 0 aliphatic rings. The lowest BCUT2D eigenvalue weighted by Crippen LogP contribution is -2.41. The first-order valence-electron chi connectivity index (χ1n) is 4.44. The van der Waals surface area contributed by atoms with Crippen molar-refractivity contribution in [3.05, 3.63) is 18.0 Å². The van der Waals surface area contributed by atoms with Gasteiger partial charge in [-0.05, 0) is 13.8 Å². The number of hydrogen-bond acceptors (Lipinski definition) is 4. The second-order valence-electron chi connectivity index (χ2n) is 3.75. The summed E-state index contributed by atoms with van der Waals surface area (Å²) in [6.07, 6.45) is 1.54. The molecule has 0 aromatic carbocycles. The molecule has 0 fully saturated rings. The fourth-order valence-electron chi connectivity index (χ4n) is 0.833. The Morgan fingerprint density at radius 2 is 2.43 bits per heavy atom. The van der Waals surface area contributed by atoms with Gasteiger partial charge in [0.2, 0.25) is 5.91 Å². The molecular weight excluding hydrogens is 182 g/mol. The molecule has 1 aromatic heterocycles. The van der Waals surface area contributed by atoms with E-state index in [4.69, 9.17) is 10.3 Å². The van der Waals surface area contributed by atoms with Crippen molar-refractivity contribution in [2.75, 3.05) is 6.54 Å². The number of rotatable bonds is 4. The summed E-state index contributed by atoms with van der Waals surface area (Å²) in [6, 6.07) is 1.70. The van der Waals surface area contributed by atoms with E-state index in [1.807, 2.05) is 0 Å². The molecule has 5 heteroatoms. The minimum absolute atomic E-state index is 0.0867. The van der Waals surface area contributed by atoms with Crippen molar-refractivity contribution in [3.63, 3.8) is 0 Å². The Bertz CT molecular complexity index is 293. The highest BCUT2D eigenvalue weighted by atomic mass is 16.5. The van der Waals surface area contributed by atoms with Gasteiger partial charge < -0.3 is 15.6 Å². The summed E-state index contributed by atoms with van der Waals surface area (Å²) >= 11 is 0. The lowest BCUT2D eigenvalue weighted by atomic mass is 9.93. The number of carbonyl (C=O) groups excluding carboxylic acids is 1. The number of hydrogen-bond donors (Lipinski definition) is 2. The van der Waals surface area contributed by atoms with E-state index in [2.05, 4.69) is 10.5 Å². The van der Waals surface area contributed by atoms with Crippen LogP contribution in [0.5, 0.6) is 0 Å². The van der Waals surface area contributed by atoms with E-state index in [9.17, 15) is 4.79 Å². The minimum atomic E-state index is -0.542. The van der Waals surface area contributed by atoms with Crippen molar-refractivity contribution in [3.8, 4) is 0 Å². The highest BCUT2D eigenvalue weighted by Gasteiger charge is 2.25. The molecule has 5 nitrogen and oxygen atoms in total. The first kappa shape index (κ1) is 10.7. The molecule has 0 aliphatic carbocycles. The molecule has 0 radical (unpaired) electrons. The first-order valence-corrected chi connectivity index (χ1v) is 4.44. The van der Waals surface area contributed by atoms with Crippen molar-refractivity contribution in [1.82, 2.24) is 10.5 Å². The van der Waals surface area contributed by atoms with Crippen LogP contribution in [0.25, 0.3) is 0 Å². The normalized spacial score (nSPS) is 11.4. The first-order chi connectivity index (χ1) is 6.56. The molecule has 0 saturated heterocycles. The quantitative estimate of drug-likeness (QED) is 0.726. The van der Waals surface area contributed by atoms with E-state index in [1.54, 1.807) is 19.9 Å². The van der Waals surface area contributed by atoms with Crippen LogP contribution >= 0.6 is 0 Å². The summed E-state index contributed by atoms with van der Waals surface area (Å²) in [5, 5.41) is 6.26. The summed E-state index contributed by atoms with van der Waals surface area (Å²) in [5.74, 6) is 0.544. The van der Waals surface area contributed by atoms with Crippen LogP contribution in [0, 0.1) is 5.41 Å². The smallest absolute Gasteiger partial charge is 0.227 e. The zero-order valence-electron chi connectivity index (χ0n) is 8.41. The summed E-state index contributed by atoms with van der Waals surface area (Å²) in [4.78, 5) is 11.5. The van der Waals surface area contributed by atoms with Gasteiger partial charge in [-0.25, -0.2) is 0 Å². The van der Waals surface area contributed by atoms with Gasteiger partial charge >= 0.3 is 0 Å². The van der Waals surface area contributed by atoms with Crippen LogP contribution in [-0.2, 0) is 11.3 Å². The maximum Gasteiger partial charge on any atom is 0.227 e. The van der Waals surface area contributed by atoms with Crippen LogP contribution in [0.15, 0.2) is 16.8 Å². The van der Waals surface area contributed by atoms with E-state index >= 15 is 0 Å². The van der Waals surface area contributed by atoms with E-state index in [0.717, 1.165) is 0 Å². The van der Waals surface area contributed by atoms with Gasteiger partial charge in [-0.1, -0.05) is 5.16 Å². The van der Waals surface area contributed by atoms with Gasteiger partial charge in [-0.2, -0.15) is 0 Å². The maximum atomic E-state index is 11.5. The summed E-state index contributed by atoms with van der Waals surface area (Å²) < 4.78 is 4.83. The SMILES string of the molecule is CC(C)(CN)C(=O)NCc1ccno1. The third-order valence-electron chi connectivity index (χ3n) is 2.04. The van der Waals surface area contributed by atoms with Gasteiger partial charge in [-0.3, -0.25) is 4.79 Å². The van der Waals surface area contributed by atoms with Crippen molar-refractivity contribution in [2.24, 2.45) is 11.1 Å². The number of nitrogens with zero attached hydrogens (tertiary/aromatic N) is 1. The van der Waals surface area contributed by atoms with E-state index in [1.165, 1.54) is 6.20 Å². The predicted octanol–water partition coefficient (Wildman–Crippen LogP) is 0.276. The van der Waals surface area contributed by atoms with Crippen molar-refractivity contribution < 1.29 is 9.32 Å². The number of aromatic nitrogens is 1. The van der Waals surface area contributed by atoms with E-state index in [0.29, 0.717) is 18.8 Å². The average molecular weight is 197 g/mol. The minimum Gasteiger partial charge on any atom is -0.360 e. The summed E-state index contributed by atoms with van der Waals surface area (Å²) in [7, 11) is 0. The number of amides is 1. The molecule has 1 heterocycles. The largest absolute Gasteiger partial charge is 0.360 e. The lowest BCUT2D eigenvalue weighted by Gasteiger charge is -2.20. The molecule has 14 heavy (non-hydrogen) atoms. The highest BCUT2D eigenvalue weighted by molar-refractivity contribution is 5.81. The second-order valence-corrected chi connectivity index (χ2v) is 3.75. The Morgan fingerprint density at radius 3 is 2.93 bits per heavy atom. The van der Waals surface area contributed by atoms with Gasteiger partial charge in [-0.15, -0.1) is 0 Å². The van der Waals surface area contributed by atoms with Gasteiger partial charge in [0.15, 0.2) is 5.76 Å². The van der Waals surface area contributed by atoms with Crippen LogP contribution < -0.4 is 11.1 Å². The molecular formula is C9H15N3O2. The third-order valence-corrected chi connectivity index (χ3v) is 2.04. The van der Waals surface area contributed by atoms with Crippen LogP contribution in [0.2, 0.25) is 0 Å². The van der Waals surface area contributed by atoms with Crippen molar-refractivity contribution in [1.29, 1.82) is 0 Å². The fraction of sp³-hybridized carbons (Fsp3) is 0.556. The average Bonchev–Trinajstić information content (AvgIpc) is 2.66. The van der Waals surface area contributed by atoms with Crippen molar-refractivity contribution >= 4 is 5.91 Å². The van der Waals surface area contributed by atoms with E-state index < -0.39 is 5.41 Å². The van der Waals surface area contributed by atoms with Crippen LogP contribution in [0.3, 0.4) is 0 Å². The number of nitrogens with two attached hydrogens (primary N) is 1. The zero-order chi connectivity index (χ0) is 10.6. The lowest BCUT2D eigenvalue weighted by molar-refractivity contribution is -0.129. The van der Waals surface area contributed by atoms with Gasteiger partial charge in [0, 0.05) is 12.6 Å². The molecule has 1 rings (SSSR count). The summed E-state index contributed by atoms with van der Waals surface area (Å²) in [6.45, 7) is 4.25. The molecule has 78 valence electrons. The Balaban J connectivity index is 2.43. The highest BCUT2D eigenvalue weighted by Crippen LogP contribution is 2.12. The molecule has 0 saturated carbocycles. The number of nitrogens with one attached hydrogen (secondary N) is 1. The molecule has 3 N–H and O–H groups in total. The third kappa shape index (κ3) is 2.56. The van der Waals surface area contributed by atoms with Crippen LogP contribution in [-0.4, -0.2) is 17.6 Å². The second kappa shape index (κ2) is 4.23. The predicted molar refractivity (Wildman–Crippen MR) is 51.2 cm³/mol. The Labute approximate surface area is 82.6 Å². The van der Waals surface area contributed by atoms with Crippen LogP contribution in [0.4, 0.5) is 0 Å². The fourth-order valence-corrected chi connectivity index (χ4v) is 0.833. The Hall–Kier alpha value is -1.36. The molecule has 0 spiro atoms. The molecule has 1 amide bonds. The molecule has 0 atom stereocenters. The standard InChI is InChI=1S/C9H15N3O2/c1-9(2,6-10)8(13)11-5-7-3-4-12-14-7/h3-4H,5-6,10H2,1-2H3,(H,11,13). The number of carbonyl (C=O) groups is 1. The van der Waals surface area contributed by atoms with Crippen molar-refractivity contribution in [2.45, 2.75) is 20.4 Å². The summed E-state index contributed by atoms with van der Waals surface area (Å²) in [5.41, 5.74) is 4.92. The molecule has 0 aliphatic heterocycles. The van der Waals surface area contributed by atoms with Gasteiger partial charge in [0.1, 0.15) is 0 Å². The molecule has 0 unspecified atom stereocenters. The Kier molecular flexibility index (Phi) is 3.24. The maximum absolute atomic E-state index is 11.5. The topological polar surface area (TPSA) is 81.2 Å². The van der Waals surface area contributed by atoms with Gasteiger partial charge in [0.05, 0.1) is 18.2 Å².